The van der Waals surface area contributed by atoms with Crippen LogP contribution in [0.5, 0.6) is 0 Å². The first kappa shape index (κ1) is 29.7. The molecule has 6 aromatic carbocycles. The topological polar surface area (TPSA) is 43.6 Å². The molecule has 0 amide bonds. The van der Waals surface area contributed by atoms with Crippen molar-refractivity contribution < 1.29 is 0 Å². The maximum absolute atomic E-state index is 5.07. The number of hydrogen-bond donors (Lipinski definition) is 0. The lowest BCUT2D eigenvalue weighted by Gasteiger charge is -2.11. The van der Waals surface area contributed by atoms with Gasteiger partial charge >= 0.3 is 0 Å². The molecule has 0 saturated heterocycles. The molecule has 0 unspecified atom stereocenters. The minimum absolute atomic E-state index is 0.732. The molecule has 0 aliphatic heterocycles. The van der Waals surface area contributed by atoms with E-state index in [1.165, 1.54) is 11.1 Å². The fourth-order valence-electron chi connectivity index (χ4n) is 6.45. The summed E-state index contributed by atoms with van der Waals surface area (Å²) in [6.07, 6.45) is 0. The van der Waals surface area contributed by atoms with Crippen LogP contribution in [0, 0.1) is 0 Å². The van der Waals surface area contributed by atoms with Crippen molar-refractivity contribution in [3.63, 3.8) is 0 Å². The highest BCUT2D eigenvalue weighted by molar-refractivity contribution is 7.13. The second-order valence-corrected chi connectivity index (χ2v) is 13.1. The summed E-state index contributed by atoms with van der Waals surface area (Å²) in [5.41, 5.74) is 12.7. The van der Waals surface area contributed by atoms with Gasteiger partial charge in [-0.25, -0.2) is 15.0 Å². The molecule has 50 heavy (non-hydrogen) atoms. The number of imidazole rings is 1. The molecule has 3 heterocycles. The summed E-state index contributed by atoms with van der Waals surface area (Å²) in [5, 5.41) is 2.07. The molecular formula is C45H30N4S. The van der Waals surface area contributed by atoms with Gasteiger partial charge in [0.15, 0.2) is 5.82 Å². The van der Waals surface area contributed by atoms with Crippen LogP contribution in [-0.4, -0.2) is 19.5 Å². The first-order chi connectivity index (χ1) is 24.8. The van der Waals surface area contributed by atoms with Crippen LogP contribution in [0.4, 0.5) is 0 Å². The minimum atomic E-state index is 0.732. The van der Waals surface area contributed by atoms with Crippen LogP contribution in [0.3, 0.4) is 0 Å². The molecule has 4 nitrogen and oxygen atoms in total. The predicted octanol–water partition coefficient (Wildman–Crippen LogP) is 11.9. The maximum atomic E-state index is 5.07. The van der Waals surface area contributed by atoms with E-state index in [0.717, 1.165) is 72.5 Å². The first-order valence-electron chi connectivity index (χ1n) is 16.6. The highest BCUT2D eigenvalue weighted by Crippen LogP contribution is 2.34. The molecule has 5 heteroatoms. The summed E-state index contributed by atoms with van der Waals surface area (Å²) in [4.78, 5) is 16.2. The summed E-state index contributed by atoms with van der Waals surface area (Å²) in [6.45, 7) is 0. The van der Waals surface area contributed by atoms with Gasteiger partial charge in [-0.2, -0.15) is 0 Å². The first-order valence-corrected chi connectivity index (χ1v) is 17.5. The Bertz CT molecular complexity index is 2550. The van der Waals surface area contributed by atoms with Gasteiger partial charge in [-0.1, -0.05) is 133 Å². The van der Waals surface area contributed by atoms with Gasteiger partial charge in [0, 0.05) is 22.4 Å². The van der Waals surface area contributed by atoms with Crippen molar-refractivity contribution in [3.8, 4) is 72.5 Å². The average Bonchev–Trinajstić information content (AvgIpc) is 3.88. The van der Waals surface area contributed by atoms with E-state index in [2.05, 4.69) is 162 Å². The van der Waals surface area contributed by atoms with Gasteiger partial charge in [0.1, 0.15) is 5.82 Å². The zero-order valence-corrected chi connectivity index (χ0v) is 27.8. The van der Waals surface area contributed by atoms with Crippen LogP contribution in [0.2, 0.25) is 0 Å². The minimum Gasteiger partial charge on any atom is -0.292 e. The summed E-state index contributed by atoms with van der Waals surface area (Å²) < 4.78 is 2.23. The molecule has 9 aromatic rings. The van der Waals surface area contributed by atoms with Crippen LogP contribution in [0.25, 0.3) is 83.6 Å². The molecule has 0 N–H and O–H groups in total. The molecule has 3 aromatic heterocycles. The normalized spacial score (nSPS) is 11.2. The second kappa shape index (κ2) is 12.9. The molecule has 0 bridgehead atoms. The van der Waals surface area contributed by atoms with E-state index in [9.17, 15) is 0 Å². The zero-order chi connectivity index (χ0) is 33.3. The van der Waals surface area contributed by atoms with Gasteiger partial charge in [-0.3, -0.25) is 4.57 Å². The fraction of sp³-hybridized carbons (Fsp3) is 0. The summed E-state index contributed by atoms with van der Waals surface area (Å²) in [6, 6.07) is 61.3. The largest absolute Gasteiger partial charge is 0.292 e. The van der Waals surface area contributed by atoms with Crippen molar-refractivity contribution in [2.75, 3.05) is 0 Å². The third-order valence-electron chi connectivity index (χ3n) is 8.97. The standard InChI is InChI=1S/C45H30N4S/c1-3-11-31(12-4-1)32-20-24-34(25-21-32)40-30-41(47-44(46-40)43-19-10-28-50-43)37-14-9-13-36(29-37)33-22-26-35(27-23-33)45-48-39-17-7-8-18-42(39)49(45)38-15-5-2-6-16-38/h1-30H. The van der Waals surface area contributed by atoms with Crippen molar-refractivity contribution in [2.45, 2.75) is 0 Å². The number of aromatic nitrogens is 4. The number of fused-ring (bicyclic) bond motifs is 1. The smallest absolute Gasteiger partial charge is 0.170 e. The van der Waals surface area contributed by atoms with E-state index in [4.69, 9.17) is 15.0 Å². The Labute approximate surface area is 294 Å². The molecule has 0 aliphatic rings. The Kier molecular flexibility index (Phi) is 7.65. The Hall–Kier alpha value is -6.43. The number of rotatable bonds is 7. The van der Waals surface area contributed by atoms with E-state index in [0.29, 0.717) is 0 Å². The summed E-state index contributed by atoms with van der Waals surface area (Å²) in [7, 11) is 0. The van der Waals surface area contributed by atoms with Crippen molar-refractivity contribution in [1.82, 2.24) is 19.5 Å². The number of benzene rings is 6. The Balaban J connectivity index is 1.07. The highest BCUT2D eigenvalue weighted by Gasteiger charge is 2.15. The second-order valence-electron chi connectivity index (χ2n) is 12.1. The molecule has 0 atom stereocenters. The Morgan fingerprint density at radius 1 is 0.400 bits per heavy atom. The molecule has 0 spiro atoms. The lowest BCUT2D eigenvalue weighted by molar-refractivity contribution is 1.10. The summed E-state index contributed by atoms with van der Waals surface area (Å²) in [5.74, 6) is 1.65. The third kappa shape index (κ3) is 5.70. The van der Waals surface area contributed by atoms with Gasteiger partial charge in [-0.05, 0) is 70.1 Å². The van der Waals surface area contributed by atoms with E-state index in [-0.39, 0.29) is 0 Å². The number of thiophene rings is 1. The predicted molar refractivity (Wildman–Crippen MR) is 207 cm³/mol. The van der Waals surface area contributed by atoms with Crippen molar-refractivity contribution >= 4 is 22.4 Å². The van der Waals surface area contributed by atoms with E-state index >= 15 is 0 Å². The van der Waals surface area contributed by atoms with Crippen molar-refractivity contribution in [2.24, 2.45) is 0 Å². The quantitative estimate of drug-likeness (QED) is 0.171. The lowest BCUT2D eigenvalue weighted by Crippen LogP contribution is -1.97. The maximum Gasteiger partial charge on any atom is 0.170 e. The Morgan fingerprint density at radius 2 is 0.980 bits per heavy atom. The molecule has 0 aliphatic carbocycles. The van der Waals surface area contributed by atoms with Gasteiger partial charge in [0.2, 0.25) is 0 Å². The van der Waals surface area contributed by atoms with E-state index < -0.39 is 0 Å². The van der Waals surface area contributed by atoms with E-state index in [1.807, 2.05) is 24.3 Å². The third-order valence-corrected chi connectivity index (χ3v) is 9.83. The molecule has 0 radical (unpaired) electrons. The number of para-hydroxylation sites is 3. The van der Waals surface area contributed by atoms with Crippen LogP contribution in [0.1, 0.15) is 0 Å². The van der Waals surface area contributed by atoms with Crippen LogP contribution >= 0.6 is 11.3 Å². The Morgan fingerprint density at radius 3 is 1.72 bits per heavy atom. The monoisotopic (exact) mass is 658 g/mol. The molecule has 9 rings (SSSR count). The van der Waals surface area contributed by atoms with Gasteiger partial charge in [-0.15, -0.1) is 11.3 Å². The number of nitrogens with zero attached hydrogens (tertiary/aromatic N) is 4. The van der Waals surface area contributed by atoms with Crippen LogP contribution < -0.4 is 0 Å². The van der Waals surface area contributed by atoms with Gasteiger partial charge in [0.25, 0.3) is 0 Å². The fourth-order valence-corrected chi connectivity index (χ4v) is 7.11. The summed E-state index contributed by atoms with van der Waals surface area (Å²) >= 11 is 1.65. The van der Waals surface area contributed by atoms with Crippen molar-refractivity contribution in [1.29, 1.82) is 0 Å². The number of hydrogen-bond acceptors (Lipinski definition) is 4. The lowest BCUT2D eigenvalue weighted by atomic mass is 9.99. The average molecular weight is 659 g/mol. The SMILES string of the molecule is c1ccc(-c2ccc(-c3cc(-c4cccc(-c5ccc(-c6nc7ccccc7n6-c6ccccc6)cc5)c4)nc(-c4cccs4)n3)cc2)cc1. The van der Waals surface area contributed by atoms with Crippen LogP contribution in [-0.2, 0) is 0 Å². The molecular weight excluding hydrogens is 629 g/mol. The van der Waals surface area contributed by atoms with Gasteiger partial charge in [0.05, 0.1) is 27.3 Å². The molecule has 0 saturated carbocycles. The van der Waals surface area contributed by atoms with Gasteiger partial charge < -0.3 is 0 Å². The van der Waals surface area contributed by atoms with Crippen molar-refractivity contribution in [3.05, 3.63) is 181 Å². The zero-order valence-electron chi connectivity index (χ0n) is 27.0. The molecule has 0 fully saturated rings. The van der Waals surface area contributed by atoms with Crippen LogP contribution in [0.15, 0.2) is 181 Å². The highest BCUT2D eigenvalue weighted by atomic mass is 32.1. The van der Waals surface area contributed by atoms with E-state index in [1.54, 1.807) is 11.3 Å². The molecule has 236 valence electrons.